The predicted molar refractivity (Wildman–Crippen MR) is 73.1 cm³/mol. The Hall–Kier alpha value is -0.800. The molecular weight excluding hydrogens is 318 g/mol. The molecule has 3 rings (SSSR count). The van der Waals surface area contributed by atoms with E-state index in [0.717, 1.165) is 0 Å². The maximum absolute atomic E-state index is 6.04. The molecule has 0 saturated heterocycles. The third-order valence-electron chi connectivity index (χ3n) is 2.41. The second kappa shape index (κ2) is 4.39. The quantitative estimate of drug-likeness (QED) is 0.491. The molecule has 0 radical (unpaired) electrons. The normalized spacial score (nSPS) is 12.2. The van der Waals surface area contributed by atoms with Crippen LogP contribution in [0.5, 0.6) is 23.0 Å². The summed E-state index contributed by atoms with van der Waals surface area (Å²) in [6.45, 7) is 0. The van der Waals surface area contributed by atoms with E-state index in [4.69, 9.17) is 55.9 Å². The summed E-state index contributed by atoms with van der Waals surface area (Å²) in [4.78, 5) is 0. The lowest BCUT2D eigenvalue weighted by Gasteiger charge is -2.23. The lowest BCUT2D eigenvalue weighted by Crippen LogP contribution is -2.00. The summed E-state index contributed by atoms with van der Waals surface area (Å²) in [6, 6.07) is 6.42. The first-order valence-corrected chi connectivity index (χ1v) is 6.40. The summed E-state index contributed by atoms with van der Waals surface area (Å²) in [5.41, 5.74) is 0. The molecule has 1 heterocycles. The van der Waals surface area contributed by atoms with Crippen molar-refractivity contribution in [1.82, 2.24) is 0 Å². The Kier molecular flexibility index (Phi) is 2.99. The number of hydrogen-bond acceptors (Lipinski definition) is 2. The highest BCUT2D eigenvalue weighted by Gasteiger charge is 2.26. The lowest BCUT2D eigenvalue weighted by molar-refractivity contribution is 0.360. The molecule has 0 unspecified atom stereocenters. The van der Waals surface area contributed by atoms with E-state index >= 15 is 0 Å². The first-order chi connectivity index (χ1) is 8.56. The summed E-state index contributed by atoms with van der Waals surface area (Å²) < 4.78 is 11.3. The van der Waals surface area contributed by atoms with E-state index in [1.807, 2.05) is 0 Å². The van der Waals surface area contributed by atoms with Gasteiger partial charge in [-0.1, -0.05) is 46.4 Å². The van der Waals surface area contributed by atoms with E-state index in [0.29, 0.717) is 43.1 Å². The van der Waals surface area contributed by atoms with Gasteiger partial charge in [-0.3, -0.25) is 0 Å². The first-order valence-electron chi connectivity index (χ1n) is 4.89. The minimum atomic E-state index is 0.346. The van der Waals surface area contributed by atoms with Gasteiger partial charge in [0.05, 0.1) is 15.1 Å². The van der Waals surface area contributed by atoms with Crippen molar-refractivity contribution < 1.29 is 9.47 Å². The summed E-state index contributed by atoms with van der Waals surface area (Å²) in [5.74, 6) is 1.48. The van der Waals surface area contributed by atoms with E-state index in [1.54, 1.807) is 24.3 Å². The Morgan fingerprint density at radius 1 is 0.667 bits per heavy atom. The standard InChI is InChI=1S/C12H4Cl4O2/c13-5-3-8(16)10-9(4-5)17-11-6(14)1-2-7(15)12(11)18-10/h1-4H. The minimum absolute atomic E-state index is 0.346. The van der Waals surface area contributed by atoms with Crippen LogP contribution in [0.4, 0.5) is 0 Å². The smallest absolute Gasteiger partial charge is 0.190 e. The molecule has 6 heteroatoms. The molecule has 1 aliphatic heterocycles. The number of hydrogen-bond donors (Lipinski definition) is 0. The van der Waals surface area contributed by atoms with Gasteiger partial charge in [-0.25, -0.2) is 0 Å². The Balaban J connectivity index is 2.21. The van der Waals surface area contributed by atoms with Crippen molar-refractivity contribution in [3.05, 3.63) is 44.4 Å². The second-order valence-corrected chi connectivity index (χ2v) is 5.26. The van der Waals surface area contributed by atoms with Gasteiger partial charge in [-0.15, -0.1) is 0 Å². The molecule has 0 aliphatic carbocycles. The van der Waals surface area contributed by atoms with Gasteiger partial charge in [0.15, 0.2) is 23.0 Å². The maximum Gasteiger partial charge on any atom is 0.190 e. The van der Waals surface area contributed by atoms with Crippen LogP contribution in [-0.4, -0.2) is 0 Å². The Morgan fingerprint density at radius 3 is 1.94 bits per heavy atom. The zero-order valence-electron chi connectivity index (χ0n) is 8.64. The molecule has 18 heavy (non-hydrogen) atoms. The fourth-order valence-electron chi connectivity index (χ4n) is 1.63. The molecule has 0 fully saturated rings. The Labute approximate surface area is 123 Å². The molecule has 2 nitrogen and oxygen atoms in total. The van der Waals surface area contributed by atoms with Crippen LogP contribution in [0.1, 0.15) is 0 Å². The summed E-state index contributed by atoms with van der Waals surface area (Å²) in [7, 11) is 0. The van der Waals surface area contributed by atoms with Gasteiger partial charge >= 0.3 is 0 Å². The summed E-state index contributed by atoms with van der Waals surface area (Å²) in [6.07, 6.45) is 0. The molecule has 92 valence electrons. The molecule has 0 aromatic heterocycles. The number of fused-ring (bicyclic) bond motifs is 2. The van der Waals surface area contributed by atoms with Gasteiger partial charge in [-0.05, 0) is 18.2 Å². The van der Waals surface area contributed by atoms with Gasteiger partial charge in [0.1, 0.15) is 0 Å². The van der Waals surface area contributed by atoms with Gasteiger partial charge in [-0.2, -0.15) is 0 Å². The van der Waals surface area contributed by atoms with Crippen molar-refractivity contribution in [2.24, 2.45) is 0 Å². The second-order valence-electron chi connectivity index (χ2n) is 3.61. The Morgan fingerprint density at radius 2 is 1.28 bits per heavy atom. The van der Waals surface area contributed by atoms with Crippen LogP contribution >= 0.6 is 46.4 Å². The van der Waals surface area contributed by atoms with Crippen LogP contribution in [0.15, 0.2) is 24.3 Å². The molecule has 0 amide bonds. The zero-order valence-corrected chi connectivity index (χ0v) is 11.7. The van der Waals surface area contributed by atoms with E-state index in [-0.39, 0.29) is 0 Å². The van der Waals surface area contributed by atoms with Crippen LogP contribution in [0.2, 0.25) is 20.1 Å². The highest BCUT2D eigenvalue weighted by atomic mass is 35.5. The molecule has 0 atom stereocenters. The fraction of sp³-hybridized carbons (Fsp3) is 0. The number of rotatable bonds is 0. The molecule has 2 aromatic carbocycles. The van der Waals surface area contributed by atoms with E-state index in [1.165, 1.54) is 0 Å². The monoisotopic (exact) mass is 320 g/mol. The van der Waals surface area contributed by atoms with Crippen molar-refractivity contribution in [3.63, 3.8) is 0 Å². The number of benzene rings is 2. The molecule has 0 saturated carbocycles. The van der Waals surface area contributed by atoms with Gasteiger partial charge < -0.3 is 9.47 Å². The van der Waals surface area contributed by atoms with Gasteiger partial charge in [0.25, 0.3) is 0 Å². The maximum atomic E-state index is 6.04. The third kappa shape index (κ3) is 1.90. The Bertz CT molecular complexity index is 655. The molecule has 2 aromatic rings. The average Bonchev–Trinajstić information content (AvgIpc) is 2.32. The summed E-state index contributed by atoms with van der Waals surface area (Å²) >= 11 is 24.0. The van der Waals surface area contributed by atoms with Crippen molar-refractivity contribution in [3.8, 4) is 23.0 Å². The SMILES string of the molecule is Clc1cc(Cl)c2c(c1)Oc1c(Cl)ccc(Cl)c1O2. The van der Waals surface area contributed by atoms with E-state index < -0.39 is 0 Å². The van der Waals surface area contributed by atoms with E-state index in [2.05, 4.69) is 0 Å². The van der Waals surface area contributed by atoms with Crippen LogP contribution in [0, 0.1) is 0 Å². The number of ether oxygens (including phenoxy) is 2. The lowest BCUT2D eigenvalue weighted by atomic mass is 10.2. The zero-order chi connectivity index (χ0) is 12.9. The fourth-order valence-corrected chi connectivity index (χ4v) is 2.52. The summed E-state index contributed by atoms with van der Waals surface area (Å²) in [5, 5.41) is 1.59. The molecule has 0 N–H and O–H groups in total. The highest BCUT2D eigenvalue weighted by Crippen LogP contribution is 2.54. The largest absolute Gasteiger partial charge is 0.448 e. The van der Waals surface area contributed by atoms with Crippen LogP contribution in [-0.2, 0) is 0 Å². The molecule has 0 spiro atoms. The molecular formula is C12H4Cl4O2. The first kappa shape index (κ1) is 12.2. The molecule has 0 bridgehead atoms. The van der Waals surface area contributed by atoms with Crippen molar-refractivity contribution in [2.75, 3.05) is 0 Å². The predicted octanol–water partition coefficient (Wildman–Crippen LogP) is 6.20. The van der Waals surface area contributed by atoms with Crippen LogP contribution < -0.4 is 9.47 Å². The highest BCUT2D eigenvalue weighted by molar-refractivity contribution is 6.37. The van der Waals surface area contributed by atoms with Crippen molar-refractivity contribution in [1.29, 1.82) is 0 Å². The van der Waals surface area contributed by atoms with Crippen LogP contribution in [0.25, 0.3) is 0 Å². The van der Waals surface area contributed by atoms with Crippen molar-refractivity contribution >= 4 is 46.4 Å². The van der Waals surface area contributed by atoms with Crippen LogP contribution in [0.3, 0.4) is 0 Å². The third-order valence-corrected chi connectivity index (χ3v) is 3.50. The minimum Gasteiger partial charge on any atom is -0.448 e. The topological polar surface area (TPSA) is 18.5 Å². The van der Waals surface area contributed by atoms with Gasteiger partial charge in [0.2, 0.25) is 0 Å². The van der Waals surface area contributed by atoms with Crippen molar-refractivity contribution in [2.45, 2.75) is 0 Å². The van der Waals surface area contributed by atoms with E-state index in [9.17, 15) is 0 Å². The molecule has 1 aliphatic rings. The average molecular weight is 322 g/mol. The number of halogens is 4. The van der Waals surface area contributed by atoms with Gasteiger partial charge in [0, 0.05) is 11.1 Å².